The molecular weight excluding hydrogens is 261 g/mol. The van der Waals surface area contributed by atoms with Crippen LogP contribution in [0.5, 0.6) is 0 Å². The molecule has 0 aliphatic heterocycles. The molecule has 4 heteroatoms. The van der Waals surface area contributed by atoms with E-state index in [1.807, 2.05) is 0 Å². The van der Waals surface area contributed by atoms with E-state index in [0.717, 1.165) is 4.44 Å². The summed E-state index contributed by atoms with van der Waals surface area (Å²) < 4.78 is 5.69. The van der Waals surface area contributed by atoms with Crippen LogP contribution < -0.4 is 5.73 Å². The third-order valence-corrected chi connectivity index (χ3v) is 6.17. The molecule has 0 aliphatic rings. The Morgan fingerprint density at radius 2 is 2.00 bits per heavy atom. The van der Waals surface area contributed by atoms with Gasteiger partial charge in [-0.15, -0.1) is 0 Å². The summed E-state index contributed by atoms with van der Waals surface area (Å²) in [5.74, 6) is -0.246. The molecule has 0 aromatic rings. The third-order valence-electron chi connectivity index (χ3n) is 1.42. The Hall–Kier alpha value is 0.229. The fraction of sp³-hybridized carbons (Fsp3) is 0.875. The molecule has 1 atom stereocenters. The van der Waals surface area contributed by atoms with Gasteiger partial charge in [0.15, 0.2) is 0 Å². The van der Waals surface area contributed by atoms with Crippen LogP contribution in [-0.4, -0.2) is 37.0 Å². The molecule has 0 amide bonds. The first-order valence-corrected chi connectivity index (χ1v) is 14.9. The molecule has 3 nitrogen and oxygen atoms in total. The van der Waals surface area contributed by atoms with Crippen LogP contribution in [0.4, 0.5) is 0 Å². The number of esters is 1. The fourth-order valence-corrected chi connectivity index (χ4v) is 5.23. The van der Waals surface area contributed by atoms with Gasteiger partial charge in [0.05, 0.1) is 0 Å². The van der Waals surface area contributed by atoms with Crippen molar-refractivity contribution in [1.29, 1.82) is 0 Å². The van der Waals surface area contributed by atoms with Gasteiger partial charge in [0.25, 0.3) is 0 Å². The van der Waals surface area contributed by atoms with Crippen LogP contribution in [0.25, 0.3) is 0 Å². The molecule has 12 heavy (non-hydrogen) atoms. The monoisotopic (exact) mass is 281 g/mol. The van der Waals surface area contributed by atoms with Crippen molar-refractivity contribution in [3.8, 4) is 0 Å². The van der Waals surface area contributed by atoms with Gasteiger partial charge in [-0.2, -0.15) is 0 Å². The molecule has 2 N–H and O–H groups in total. The van der Waals surface area contributed by atoms with E-state index in [9.17, 15) is 4.79 Å². The standard InChI is InChI=1S/C5H10NO2.3CH3.Sn/c1-3-8-5(7)4(2)6;;;;/h4H,2-3,6H2,1H3;3*1H3;/t4-;;;;/m0..../s1. The van der Waals surface area contributed by atoms with E-state index in [0.29, 0.717) is 6.61 Å². The van der Waals surface area contributed by atoms with Crippen molar-refractivity contribution in [3.05, 3.63) is 0 Å². The molecule has 0 radical (unpaired) electrons. The molecule has 0 unspecified atom stereocenters. The summed E-state index contributed by atoms with van der Waals surface area (Å²) in [6.45, 7) is 2.22. The maximum absolute atomic E-state index is 11.1. The summed E-state index contributed by atoms with van der Waals surface area (Å²) in [4.78, 5) is 17.9. The van der Waals surface area contributed by atoms with E-state index in [-0.39, 0.29) is 12.0 Å². The van der Waals surface area contributed by atoms with Crippen molar-refractivity contribution >= 4 is 24.3 Å². The van der Waals surface area contributed by atoms with E-state index in [1.165, 1.54) is 0 Å². The second-order valence-corrected chi connectivity index (χ2v) is 19.9. The zero-order valence-corrected chi connectivity index (χ0v) is 11.2. The van der Waals surface area contributed by atoms with Gasteiger partial charge in [0.2, 0.25) is 0 Å². The van der Waals surface area contributed by atoms with Crippen LogP contribution in [0, 0.1) is 0 Å². The Bertz CT molecular complexity index is 154. The molecular formula is C8H19NO2Sn. The third kappa shape index (κ3) is 5.83. The molecule has 0 spiro atoms. The topological polar surface area (TPSA) is 52.3 Å². The summed E-state index contributed by atoms with van der Waals surface area (Å²) in [5, 5.41) is 0. The maximum atomic E-state index is 11.1. The quantitative estimate of drug-likeness (QED) is 0.622. The number of hydrogen-bond donors (Lipinski definition) is 1. The molecule has 0 saturated heterocycles. The number of nitrogens with two attached hydrogens (primary N) is 1. The van der Waals surface area contributed by atoms with Crippen molar-refractivity contribution in [1.82, 2.24) is 0 Å². The van der Waals surface area contributed by atoms with Crippen molar-refractivity contribution < 1.29 is 9.53 Å². The van der Waals surface area contributed by atoms with E-state index < -0.39 is 18.4 Å². The summed E-state index contributed by atoms with van der Waals surface area (Å²) in [5.41, 5.74) is 5.67. The number of hydrogen-bond acceptors (Lipinski definition) is 3. The van der Waals surface area contributed by atoms with Crippen LogP contribution in [0.1, 0.15) is 6.92 Å². The van der Waals surface area contributed by atoms with Gasteiger partial charge in [-0.1, -0.05) is 0 Å². The summed E-state index contributed by atoms with van der Waals surface area (Å²) in [6, 6.07) is -0.388. The fourth-order valence-electron chi connectivity index (χ4n) is 0.992. The van der Waals surface area contributed by atoms with Crippen molar-refractivity contribution in [2.24, 2.45) is 5.73 Å². The second-order valence-electron chi connectivity index (χ2n) is 4.12. The molecule has 0 aliphatic carbocycles. The van der Waals surface area contributed by atoms with Crippen molar-refractivity contribution in [2.45, 2.75) is 32.2 Å². The van der Waals surface area contributed by atoms with Gasteiger partial charge in [-0.25, -0.2) is 0 Å². The molecule has 0 saturated carbocycles. The number of ether oxygens (including phenoxy) is 1. The molecule has 0 aromatic heterocycles. The molecule has 0 aromatic carbocycles. The first-order chi connectivity index (χ1) is 5.37. The number of carbonyl (C=O) groups is 1. The van der Waals surface area contributed by atoms with Crippen molar-refractivity contribution in [3.63, 3.8) is 0 Å². The van der Waals surface area contributed by atoms with Crippen LogP contribution in [0.3, 0.4) is 0 Å². The molecule has 72 valence electrons. The Morgan fingerprint density at radius 1 is 1.50 bits per heavy atom. The van der Waals surface area contributed by atoms with Crippen LogP contribution in [0.15, 0.2) is 0 Å². The Kier molecular flexibility index (Phi) is 5.16. The van der Waals surface area contributed by atoms with Gasteiger partial charge in [-0.3, -0.25) is 0 Å². The Labute approximate surface area is 78.5 Å². The van der Waals surface area contributed by atoms with E-state index in [1.54, 1.807) is 6.92 Å². The zero-order valence-electron chi connectivity index (χ0n) is 8.39. The van der Waals surface area contributed by atoms with Gasteiger partial charge >= 0.3 is 78.4 Å². The predicted molar refractivity (Wildman–Crippen MR) is 52.8 cm³/mol. The molecule has 0 bridgehead atoms. The van der Waals surface area contributed by atoms with Gasteiger partial charge in [0, 0.05) is 0 Å². The Morgan fingerprint density at radius 3 is 2.33 bits per heavy atom. The van der Waals surface area contributed by atoms with Gasteiger partial charge in [0.1, 0.15) is 0 Å². The predicted octanol–water partition coefficient (Wildman–Crippen LogP) is 1.21. The molecule has 0 fully saturated rings. The van der Waals surface area contributed by atoms with E-state index in [2.05, 4.69) is 14.8 Å². The normalized spacial score (nSPS) is 14.1. The number of rotatable bonds is 4. The van der Waals surface area contributed by atoms with E-state index in [4.69, 9.17) is 10.5 Å². The summed E-state index contributed by atoms with van der Waals surface area (Å²) in [7, 11) is 0. The van der Waals surface area contributed by atoms with Gasteiger partial charge < -0.3 is 0 Å². The average molecular weight is 280 g/mol. The minimum atomic E-state index is -1.91. The second kappa shape index (κ2) is 5.07. The SMILES string of the molecule is CCOC(=O)[C@@H](N)[CH2][Sn]([CH3])([CH3])[CH3]. The number of carbonyl (C=O) groups excluding carboxylic acids is 1. The first kappa shape index (κ1) is 12.2. The molecule has 0 rings (SSSR count). The first-order valence-electron chi connectivity index (χ1n) is 4.29. The van der Waals surface area contributed by atoms with E-state index >= 15 is 0 Å². The summed E-state index contributed by atoms with van der Waals surface area (Å²) >= 11 is -1.91. The molecule has 0 heterocycles. The summed E-state index contributed by atoms with van der Waals surface area (Å²) in [6.07, 6.45) is 0. The zero-order chi connectivity index (χ0) is 9.78. The van der Waals surface area contributed by atoms with Gasteiger partial charge in [-0.05, 0) is 0 Å². The van der Waals surface area contributed by atoms with Crippen LogP contribution >= 0.6 is 0 Å². The minimum absolute atomic E-state index is 0.246. The van der Waals surface area contributed by atoms with Crippen molar-refractivity contribution in [2.75, 3.05) is 6.61 Å². The average Bonchev–Trinajstić information content (AvgIpc) is 1.84. The van der Waals surface area contributed by atoms with Crippen LogP contribution in [0.2, 0.25) is 19.3 Å². The van der Waals surface area contributed by atoms with Crippen LogP contribution in [-0.2, 0) is 9.53 Å². The Balaban J connectivity index is 3.87.